The number of fused-ring (bicyclic) bond motifs is 1. The minimum atomic E-state index is -0.134. The number of nitrogens with zero attached hydrogens (tertiary/aromatic N) is 4. The van der Waals surface area contributed by atoms with Gasteiger partial charge in [0, 0.05) is 36.5 Å². The van der Waals surface area contributed by atoms with E-state index in [9.17, 15) is 5.11 Å². The van der Waals surface area contributed by atoms with Gasteiger partial charge in [0.25, 0.3) is 0 Å². The molecule has 0 amide bonds. The quantitative estimate of drug-likeness (QED) is 0.769. The van der Waals surface area contributed by atoms with Crippen LogP contribution in [0.3, 0.4) is 0 Å². The second-order valence-electron chi connectivity index (χ2n) is 7.47. The van der Waals surface area contributed by atoms with Gasteiger partial charge >= 0.3 is 0 Å². The summed E-state index contributed by atoms with van der Waals surface area (Å²) in [6, 6.07) is 7.03. The van der Waals surface area contributed by atoms with Crippen molar-refractivity contribution in [3.05, 3.63) is 41.9 Å². The van der Waals surface area contributed by atoms with Crippen molar-refractivity contribution in [1.82, 2.24) is 19.9 Å². The Bertz CT molecular complexity index is 907. The zero-order valence-electron chi connectivity index (χ0n) is 14.6. The number of piperidine rings is 1. The average molecular weight is 366 g/mol. The molecule has 1 aromatic carbocycles. The highest BCUT2D eigenvalue weighted by atomic mass is 32.1. The largest absolute Gasteiger partial charge is 0.392 e. The maximum absolute atomic E-state index is 9.89. The van der Waals surface area contributed by atoms with Crippen LogP contribution < -0.4 is 0 Å². The van der Waals surface area contributed by atoms with Gasteiger partial charge < -0.3 is 5.11 Å². The van der Waals surface area contributed by atoms with Gasteiger partial charge in [0.1, 0.15) is 6.33 Å². The third-order valence-electron chi connectivity index (χ3n) is 5.71. The van der Waals surface area contributed by atoms with Gasteiger partial charge in [0.15, 0.2) is 0 Å². The molecule has 2 fully saturated rings. The molecule has 2 aromatic heterocycles. The number of thiazole rings is 1. The van der Waals surface area contributed by atoms with E-state index in [-0.39, 0.29) is 6.10 Å². The molecule has 1 N–H and O–H groups in total. The lowest BCUT2D eigenvalue weighted by atomic mass is 9.79. The molecule has 5 nitrogen and oxygen atoms in total. The minimum absolute atomic E-state index is 0.134. The molecule has 1 aliphatic heterocycles. The van der Waals surface area contributed by atoms with Gasteiger partial charge in [-0.15, -0.1) is 11.3 Å². The fourth-order valence-electron chi connectivity index (χ4n) is 4.15. The Balaban J connectivity index is 1.31. The summed E-state index contributed by atoms with van der Waals surface area (Å²) in [6.07, 6.45) is 9.54. The van der Waals surface area contributed by atoms with Crippen molar-refractivity contribution >= 4 is 21.6 Å². The number of rotatable bonds is 3. The Morgan fingerprint density at radius 3 is 2.77 bits per heavy atom. The van der Waals surface area contributed by atoms with Crippen LogP contribution in [0.2, 0.25) is 0 Å². The highest BCUT2D eigenvalue weighted by Gasteiger charge is 2.37. The Hall–Kier alpha value is -1.89. The summed E-state index contributed by atoms with van der Waals surface area (Å²) in [5, 5.41) is 11.1. The van der Waals surface area contributed by atoms with Crippen LogP contribution in [-0.2, 0) is 0 Å². The summed E-state index contributed by atoms with van der Waals surface area (Å²) >= 11 is 1.82. The maximum atomic E-state index is 9.89. The van der Waals surface area contributed by atoms with E-state index in [1.54, 1.807) is 6.33 Å². The van der Waals surface area contributed by atoms with E-state index in [1.165, 1.54) is 22.5 Å². The van der Waals surface area contributed by atoms with Crippen molar-refractivity contribution in [1.29, 1.82) is 0 Å². The molecule has 1 saturated carbocycles. The van der Waals surface area contributed by atoms with Gasteiger partial charge in [-0.25, -0.2) is 15.0 Å². The molecular weight excluding hydrogens is 344 g/mol. The van der Waals surface area contributed by atoms with E-state index < -0.39 is 0 Å². The molecule has 0 bridgehead atoms. The number of β-amino-alcohol motifs (C(OH)–C–C–N with tert-alkyl or cyclic N) is 1. The lowest BCUT2D eigenvalue weighted by Crippen LogP contribution is -2.49. The van der Waals surface area contributed by atoms with E-state index in [4.69, 9.17) is 4.98 Å². The molecule has 0 spiro atoms. The summed E-state index contributed by atoms with van der Waals surface area (Å²) < 4.78 is 1.23. The first-order chi connectivity index (χ1) is 12.8. The highest BCUT2D eigenvalue weighted by Crippen LogP contribution is 2.43. The van der Waals surface area contributed by atoms with Crippen molar-refractivity contribution < 1.29 is 5.11 Å². The third kappa shape index (κ3) is 3.02. The van der Waals surface area contributed by atoms with E-state index in [2.05, 4.69) is 33.1 Å². The first-order valence-electron chi connectivity index (χ1n) is 9.34. The molecule has 6 heteroatoms. The van der Waals surface area contributed by atoms with Gasteiger partial charge in [-0.3, -0.25) is 4.90 Å². The van der Waals surface area contributed by atoms with Crippen LogP contribution in [0, 0.1) is 0 Å². The summed E-state index contributed by atoms with van der Waals surface area (Å²) in [5.41, 5.74) is 3.27. The molecule has 0 unspecified atom stereocenters. The van der Waals surface area contributed by atoms with E-state index >= 15 is 0 Å². The number of hydrogen-bond donors (Lipinski definition) is 1. The fraction of sp³-hybridized carbons (Fsp3) is 0.450. The summed E-state index contributed by atoms with van der Waals surface area (Å²) in [5.74, 6) is 0.569. The van der Waals surface area contributed by atoms with E-state index in [0.717, 1.165) is 42.6 Å². The molecular formula is C20H22N4OS. The Kier molecular flexibility index (Phi) is 4.19. The Morgan fingerprint density at radius 1 is 1.12 bits per heavy atom. The molecule has 3 aromatic rings. The number of benzene rings is 1. The van der Waals surface area contributed by atoms with Crippen molar-refractivity contribution in [3.63, 3.8) is 0 Å². The smallest absolute Gasteiger partial charge is 0.115 e. The summed E-state index contributed by atoms with van der Waals surface area (Å²) in [7, 11) is 0. The molecule has 1 saturated heterocycles. The second kappa shape index (κ2) is 6.68. The molecule has 5 rings (SSSR count). The lowest BCUT2D eigenvalue weighted by molar-refractivity contribution is 0.0171. The standard InChI is InChI=1S/C20H22N4OS/c25-17-2-1-5-24(11-17)16-6-14(7-16)20-23-18-4-3-13(8-19(18)26-20)15-9-21-12-22-10-15/h3-4,8-10,12,14,16-17,25H,1-2,5-7,11H2/t14-,16-,17-/m1/s1. The molecule has 1 aliphatic carbocycles. The molecule has 0 radical (unpaired) electrons. The SMILES string of the molecule is O[C@@H]1CCCN([C@H]2C[C@H](c3nc4ccc(-c5cncnc5)cc4s3)C2)C1. The van der Waals surface area contributed by atoms with Crippen LogP contribution in [0.25, 0.3) is 21.3 Å². The zero-order chi connectivity index (χ0) is 17.5. The summed E-state index contributed by atoms with van der Waals surface area (Å²) in [6.45, 7) is 1.98. The van der Waals surface area contributed by atoms with E-state index in [0.29, 0.717) is 12.0 Å². The van der Waals surface area contributed by atoms with Crippen molar-refractivity contribution in [2.75, 3.05) is 13.1 Å². The number of likely N-dealkylation sites (tertiary alicyclic amines) is 1. The van der Waals surface area contributed by atoms with Crippen LogP contribution in [0.4, 0.5) is 0 Å². The Labute approximate surface area is 156 Å². The molecule has 2 aliphatic rings. The monoisotopic (exact) mass is 366 g/mol. The molecule has 26 heavy (non-hydrogen) atoms. The molecule has 1 atom stereocenters. The topological polar surface area (TPSA) is 62.1 Å². The van der Waals surface area contributed by atoms with Gasteiger partial charge in [0.05, 0.1) is 21.3 Å². The van der Waals surface area contributed by atoms with Crippen LogP contribution in [-0.4, -0.2) is 50.2 Å². The first-order valence-corrected chi connectivity index (χ1v) is 10.2. The van der Waals surface area contributed by atoms with Crippen LogP contribution in [0.15, 0.2) is 36.9 Å². The zero-order valence-corrected chi connectivity index (χ0v) is 15.4. The van der Waals surface area contributed by atoms with Crippen molar-refractivity contribution in [2.24, 2.45) is 0 Å². The number of aromatic nitrogens is 3. The van der Waals surface area contributed by atoms with Crippen LogP contribution >= 0.6 is 11.3 Å². The molecule has 3 heterocycles. The second-order valence-corrected chi connectivity index (χ2v) is 8.54. The third-order valence-corrected chi connectivity index (χ3v) is 6.89. The van der Waals surface area contributed by atoms with E-state index in [1.807, 2.05) is 23.7 Å². The maximum Gasteiger partial charge on any atom is 0.115 e. The number of aliphatic hydroxyl groups excluding tert-OH is 1. The Morgan fingerprint density at radius 2 is 1.96 bits per heavy atom. The highest BCUT2D eigenvalue weighted by molar-refractivity contribution is 7.18. The number of aliphatic hydroxyl groups is 1. The van der Waals surface area contributed by atoms with Crippen LogP contribution in [0.5, 0.6) is 0 Å². The van der Waals surface area contributed by atoms with Crippen molar-refractivity contribution in [3.8, 4) is 11.1 Å². The van der Waals surface area contributed by atoms with Gasteiger partial charge in [-0.05, 0) is 49.9 Å². The lowest BCUT2D eigenvalue weighted by Gasteiger charge is -2.44. The van der Waals surface area contributed by atoms with Gasteiger partial charge in [-0.2, -0.15) is 0 Å². The predicted octanol–water partition coefficient (Wildman–Crippen LogP) is 3.46. The van der Waals surface area contributed by atoms with Crippen molar-refractivity contribution in [2.45, 2.75) is 43.7 Å². The van der Waals surface area contributed by atoms with Gasteiger partial charge in [-0.1, -0.05) is 6.07 Å². The normalized spacial score (nSPS) is 26.7. The average Bonchev–Trinajstić information content (AvgIpc) is 3.04. The van der Waals surface area contributed by atoms with Gasteiger partial charge in [0.2, 0.25) is 0 Å². The first kappa shape index (κ1) is 16.3. The molecule has 134 valence electrons. The minimum Gasteiger partial charge on any atom is -0.392 e. The van der Waals surface area contributed by atoms with Crippen LogP contribution in [0.1, 0.15) is 36.6 Å². The number of hydrogen-bond acceptors (Lipinski definition) is 6. The summed E-state index contributed by atoms with van der Waals surface area (Å²) in [4.78, 5) is 15.6. The predicted molar refractivity (Wildman–Crippen MR) is 103 cm³/mol. The fourth-order valence-corrected chi connectivity index (χ4v) is 5.28.